The lowest BCUT2D eigenvalue weighted by molar-refractivity contribution is 0.0566. The fourth-order valence-electron chi connectivity index (χ4n) is 3.84. The number of nitrogens with zero attached hydrogens (tertiary/aromatic N) is 3. The number of pyridine rings is 1. The van der Waals surface area contributed by atoms with Gasteiger partial charge in [0.2, 0.25) is 0 Å². The van der Waals surface area contributed by atoms with Gasteiger partial charge in [0.25, 0.3) is 5.91 Å². The van der Waals surface area contributed by atoms with Gasteiger partial charge in [0.05, 0.1) is 11.0 Å². The molecule has 0 radical (unpaired) electrons. The molecule has 2 atom stereocenters. The molecule has 110 valence electrons. The number of likely N-dealkylation sites (tertiary alicyclic amines) is 2. The van der Waals surface area contributed by atoms with Crippen molar-refractivity contribution in [2.24, 2.45) is 5.92 Å². The Labute approximate surface area is 123 Å². The molecule has 21 heavy (non-hydrogen) atoms. The van der Waals surface area contributed by atoms with Crippen LogP contribution in [0.25, 0.3) is 11.0 Å². The third kappa shape index (κ3) is 2.12. The van der Waals surface area contributed by atoms with Crippen molar-refractivity contribution >= 4 is 16.9 Å². The first-order chi connectivity index (χ1) is 10.2. The van der Waals surface area contributed by atoms with Gasteiger partial charge in [0.15, 0.2) is 0 Å². The van der Waals surface area contributed by atoms with Gasteiger partial charge in [-0.3, -0.25) is 4.79 Å². The van der Waals surface area contributed by atoms with Crippen LogP contribution in [0.3, 0.4) is 0 Å². The summed E-state index contributed by atoms with van der Waals surface area (Å²) in [7, 11) is 2.14. The Kier molecular flexibility index (Phi) is 2.96. The van der Waals surface area contributed by atoms with Gasteiger partial charge in [-0.2, -0.15) is 0 Å². The molecule has 4 rings (SSSR count). The van der Waals surface area contributed by atoms with E-state index in [1.807, 2.05) is 24.4 Å². The largest absolute Gasteiger partial charge is 0.360 e. The van der Waals surface area contributed by atoms with E-state index in [1.54, 1.807) is 0 Å². The van der Waals surface area contributed by atoms with Crippen LogP contribution in [0.15, 0.2) is 24.4 Å². The van der Waals surface area contributed by atoms with Gasteiger partial charge in [0.1, 0.15) is 5.69 Å². The fourth-order valence-corrected chi connectivity index (χ4v) is 3.84. The number of carbonyl (C=O) groups excluding carboxylic acids is 1. The van der Waals surface area contributed by atoms with Gasteiger partial charge in [-0.1, -0.05) is 0 Å². The predicted molar refractivity (Wildman–Crippen MR) is 81.1 cm³/mol. The number of hydrogen-bond donors (Lipinski definition) is 1. The summed E-state index contributed by atoms with van der Waals surface area (Å²) in [5.74, 6) is 0.715. The first-order valence-electron chi connectivity index (χ1n) is 7.66. The lowest BCUT2D eigenvalue weighted by Crippen LogP contribution is -2.48. The topological polar surface area (TPSA) is 52.2 Å². The fraction of sp³-hybridized carbons (Fsp3) is 0.500. The van der Waals surface area contributed by atoms with Crippen LogP contribution >= 0.6 is 0 Å². The molecular weight excluding hydrogens is 264 g/mol. The number of H-pyrrole nitrogens is 1. The summed E-state index contributed by atoms with van der Waals surface area (Å²) < 4.78 is 0. The highest BCUT2D eigenvalue weighted by Gasteiger charge is 2.40. The molecule has 0 saturated carbocycles. The lowest BCUT2D eigenvalue weighted by atomic mass is 9.92. The molecule has 0 aliphatic carbocycles. The van der Waals surface area contributed by atoms with Crippen LogP contribution in [0.4, 0.5) is 0 Å². The minimum Gasteiger partial charge on any atom is -0.360 e. The van der Waals surface area contributed by atoms with Gasteiger partial charge in [-0.15, -0.1) is 0 Å². The maximum Gasteiger partial charge on any atom is 0.272 e. The second-order valence-corrected chi connectivity index (χ2v) is 6.30. The van der Waals surface area contributed by atoms with Crippen molar-refractivity contribution in [2.45, 2.75) is 18.9 Å². The van der Waals surface area contributed by atoms with Gasteiger partial charge in [-0.05, 0) is 44.0 Å². The van der Waals surface area contributed by atoms with Crippen molar-refractivity contribution in [3.05, 3.63) is 30.1 Å². The summed E-state index contributed by atoms with van der Waals surface area (Å²) in [6.45, 7) is 2.96. The van der Waals surface area contributed by atoms with Crippen LogP contribution < -0.4 is 0 Å². The number of fused-ring (bicyclic) bond motifs is 2. The Morgan fingerprint density at radius 1 is 1.33 bits per heavy atom. The second-order valence-electron chi connectivity index (χ2n) is 6.30. The number of aromatic amines is 1. The predicted octanol–water partition coefficient (Wildman–Crippen LogP) is 1.73. The quantitative estimate of drug-likeness (QED) is 0.867. The Bertz CT molecular complexity index is 680. The molecular formula is C16H20N4O. The standard InChI is InChI=1S/C16H20N4O/c1-19-9-11-3-2-8-20(15(11)10-19)16(21)14-5-4-12-13(18-14)6-7-17-12/h4-7,11,15,17H,2-3,8-10H2,1H3/t11-,15+/m0/s1. The number of carbonyl (C=O) groups is 1. The SMILES string of the molecule is CN1C[C@@H]2CCCN(C(=O)c3ccc4[nH]ccc4n3)[C@@H]2C1. The van der Waals surface area contributed by atoms with Gasteiger partial charge >= 0.3 is 0 Å². The molecule has 1 N–H and O–H groups in total. The third-order valence-corrected chi connectivity index (χ3v) is 4.85. The summed E-state index contributed by atoms with van der Waals surface area (Å²) in [5.41, 5.74) is 2.40. The zero-order valence-corrected chi connectivity index (χ0v) is 12.2. The van der Waals surface area contributed by atoms with Crippen LogP contribution in [0, 0.1) is 5.92 Å². The van der Waals surface area contributed by atoms with Crippen LogP contribution in [-0.2, 0) is 0 Å². The number of rotatable bonds is 1. The zero-order chi connectivity index (χ0) is 14.4. The van der Waals surface area contributed by atoms with Crippen LogP contribution in [-0.4, -0.2) is 58.4 Å². The molecule has 2 aliphatic heterocycles. The average molecular weight is 284 g/mol. The van der Waals surface area contributed by atoms with E-state index in [1.165, 1.54) is 6.42 Å². The van der Waals surface area contributed by atoms with Crippen molar-refractivity contribution in [1.29, 1.82) is 0 Å². The van der Waals surface area contributed by atoms with Crippen LogP contribution in [0.2, 0.25) is 0 Å². The minimum atomic E-state index is 0.0862. The van der Waals surface area contributed by atoms with Crippen molar-refractivity contribution in [1.82, 2.24) is 19.8 Å². The monoisotopic (exact) mass is 284 g/mol. The highest BCUT2D eigenvalue weighted by atomic mass is 16.2. The number of amides is 1. The summed E-state index contributed by atoms with van der Waals surface area (Å²) >= 11 is 0. The van der Waals surface area contributed by atoms with E-state index >= 15 is 0 Å². The van der Waals surface area contributed by atoms with Crippen LogP contribution in [0.5, 0.6) is 0 Å². The molecule has 2 aromatic heterocycles. The van der Waals surface area contributed by atoms with E-state index in [2.05, 4.69) is 26.8 Å². The van der Waals surface area contributed by atoms with E-state index < -0.39 is 0 Å². The van der Waals surface area contributed by atoms with Crippen molar-refractivity contribution in [3.8, 4) is 0 Å². The van der Waals surface area contributed by atoms with E-state index in [0.717, 1.165) is 37.1 Å². The molecule has 2 fully saturated rings. The van der Waals surface area contributed by atoms with E-state index in [9.17, 15) is 4.79 Å². The van der Waals surface area contributed by atoms with Gasteiger partial charge in [-0.25, -0.2) is 4.98 Å². The second kappa shape index (κ2) is 4.84. The number of nitrogens with one attached hydrogen (secondary N) is 1. The maximum atomic E-state index is 12.8. The molecule has 0 unspecified atom stereocenters. The van der Waals surface area contributed by atoms with E-state index in [-0.39, 0.29) is 5.91 Å². The molecule has 5 nitrogen and oxygen atoms in total. The summed E-state index contributed by atoms with van der Waals surface area (Å²) in [5, 5.41) is 0. The normalized spacial score (nSPS) is 26.2. The van der Waals surface area contributed by atoms with Crippen molar-refractivity contribution < 1.29 is 4.79 Å². The van der Waals surface area contributed by atoms with Crippen LogP contribution in [0.1, 0.15) is 23.3 Å². The molecule has 1 amide bonds. The number of likely N-dealkylation sites (N-methyl/N-ethyl adjacent to an activating group) is 1. The number of aromatic nitrogens is 2. The molecule has 5 heteroatoms. The molecule has 0 spiro atoms. The smallest absolute Gasteiger partial charge is 0.272 e. The highest BCUT2D eigenvalue weighted by Crippen LogP contribution is 2.30. The molecule has 0 aromatic carbocycles. The summed E-state index contributed by atoms with van der Waals surface area (Å²) in [6, 6.07) is 6.05. The molecule has 0 bridgehead atoms. The highest BCUT2D eigenvalue weighted by molar-refractivity contribution is 5.94. The first kappa shape index (κ1) is 12.8. The molecule has 2 aromatic rings. The summed E-state index contributed by atoms with van der Waals surface area (Å²) in [6.07, 6.45) is 4.20. The van der Waals surface area contributed by atoms with Gasteiger partial charge < -0.3 is 14.8 Å². The molecule has 2 saturated heterocycles. The number of hydrogen-bond acceptors (Lipinski definition) is 3. The third-order valence-electron chi connectivity index (χ3n) is 4.85. The Morgan fingerprint density at radius 3 is 3.14 bits per heavy atom. The van der Waals surface area contributed by atoms with E-state index in [4.69, 9.17) is 0 Å². The Balaban J connectivity index is 1.63. The van der Waals surface area contributed by atoms with E-state index in [0.29, 0.717) is 17.7 Å². The molecule has 2 aliphatic rings. The zero-order valence-electron chi connectivity index (χ0n) is 12.2. The van der Waals surface area contributed by atoms with Crippen molar-refractivity contribution in [3.63, 3.8) is 0 Å². The number of piperidine rings is 1. The van der Waals surface area contributed by atoms with Crippen molar-refractivity contribution in [2.75, 3.05) is 26.7 Å². The first-order valence-corrected chi connectivity index (χ1v) is 7.66. The maximum absolute atomic E-state index is 12.8. The summed E-state index contributed by atoms with van der Waals surface area (Å²) in [4.78, 5) is 24.9. The minimum absolute atomic E-state index is 0.0862. The Hall–Kier alpha value is -1.88. The Morgan fingerprint density at radius 2 is 2.24 bits per heavy atom. The molecule has 4 heterocycles. The van der Waals surface area contributed by atoms with Gasteiger partial charge in [0, 0.05) is 31.9 Å². The lowest BCUT2D eigenvalue weighted by Gasteiger charge is -2.36. The average Bonchev–Trinajstić information content (AvgIpc) is 3.09.